The summed E-state index contributed by atoms with van der Waals surface area (Å²) in [4.78, 5) is 8.49. The first-order valence-electron chi connectivity index (χ1n) is 8.29. The fourth-order valence-corrected chi connectivity index (χ4v) is 2.74. The molecule has 0 aliphatic rings. The highest BCUT2D eigenvalue weighted by atomic mass is 16.5. The molecule has 0 fully saturated rings. The average Bonchev–Trinajstić information content (AvgIpc) is 3.20. The van der Waals surface area contributed by atoms with Crippen LogP contribution in [0.5, 0.6) is 17.4 Å². The third-order valence-corrected chi connectivity index (χ3v) is 4.08. The molecule has 136 valence electrons. The Hall–Kier alpha value is -3.61. The van der Waals surface area contributed by atoms with Crippen LogP contribution in [-0.2, 0) is 6.61 Å². The summed E-state index contributed by atoms with van der Waals surface area (Å²) in [6.45, 7) is 0.195. The van der Waals surface area contributed by atoms with Crippen LogP contribution >= 0.6 is 0 Å². The van der Waals surface area contributed by atoms with Crippen molar-refractivity contribution in [2.24, 2.45) is 0 Å². The van der Waals surface area contributed by atoms with Crippen LogP contribution in [-0.4, -0.2) is 29.3 Å². The van der Waals surface area contributed by atoms with E-state index in [9.17, 15) is 0 Å². The van der Waals surface area contributed by atoms with Crippen molar-refractivity contribution in [3.8, 4) is 28.6 Å². The van der Waals surface area contributed by atoms with Crippen LogP contribution in [0.25, 0.3) is 22.2 Å². The lowest BCUT2D eigenvalue weighted by atomic mass is 10.1. The maximum atomic E-state index is 5.85. The molecule has 0 unspecified atom stereocenters. The number of aromatic nitrogens is 3. The molecular weight excluding hydrogens is 346 g/mol. The van der Waals surface area contributed by atoms with Crippen molar-refractivity contribution in [2.75, 3.05) is 14.2 Å². The first-order valence-corrected chi connectivity index (χ1v) is 8.29. The van der Waals surface area contributed by atoms with Gasteiger partial charge in [0.2, 0.25) is 5.88 Å². The summed E-state index contributed by atoms with van der Waals surface area (Å²) in [6.07, 6.45) is 1.44. The largest absolute Gasteiger partial charge is 0.493 e. The molecule has 2 heterocycles. The molecular formula is C20H17N3O4. The van der Waals surface area contributed by atoms with E-state index in [1.165, 1.54) is 6.33 Å². The Bertz CT molecular complexity index is 1060. The van der Waals surface area contributed by atoms with E-state index in [0.717, 1.165) is 16.6 Å². The molecule has 0 saturated carbocycles. The zero-order chi connectivity index (χ0) is 18.6. The number of benzene rings is 2. The smallest absolute Gasteiger partial charge is 0.225 e. The second-order valence-electron chi connectivity index (χ2n) is 5.74. The minimum atomic E-state index is 0.195. The Morgan fingerprint density at radius 2 is 1.70 bits per heavy atom. The molecule has 0 radical (unpaired) electrons. The summed E-state index contributed by atoms with van der Waals surface area (Å²) >= 11 is 0. The fourth-order valence-electron chi connectivity index (χ4n) is 2.74. The molecule has 0 atom stereocenters. The van der Waals surface area contributed by atoms with E-state index < -0.39 is 0 Å². The number of ether oxygens (including phenoxy) is 3. The zero-order valence-corrected chi connectivity index (χ0v) is 14.9. The normalized spacial score (nSPS) is 10.7. The molecule has 7 nitrogen and oxygen atoms in total. The Morgan fingerprint density at radius 3 is 2.48 bits per heavy atom. The topological polar surface area (TPSA) is 79.5 Å². The molecule has 0 amide bonds. The minimum absolute atomic E-state index is 0.195. The number of nitrogens with zero attached hydrogens (tertiary/aromatic N) is 3. The van der Waals surface area contributed by atoms with Gasteiger partial charge in [-0.15, -0.1) is 0 Å². The van der Waals surface area contributed by atoms with E-state index in [4.69, 9.17) is 18.7 Å². The van der Waals surface area contributed by atoms with Gasteiger partial charge in [-0.05, 0) is 6.07 Å². The minimum Gasteiger partial charge on any atom is -0.493 e. The molecule has 7 heteroatoms. The van der Waals surface area contributed by atoms with E-state index in [-0.39, 0.29) is 6.61 Å². The van der Waals surface area contributed by atoms with Gasteiger partial charge in [-0.2, -0.15) is 0 Å². The number of hydrogen-bond donors (Lipinski definition) is 0. The third-order valence-electron chi connectivity index (χ3n) is 4.08. The van der Waals surface area contributed by atoms with E-state index in [0.29, 0.717) is 28.7 Å². The molecule has 0 spiro atoms. The van der Waals surface area contributed by atoms with Gasteiger partial charge in [-0.25, -0.2) is 9.97 Å². The van der Waals surface area contributed by atoms with Crippen molar-refractivity contribution in [1.82, 2.24) is 15.1 Å². The standard InChI is InChI=1S/C20H17N3O4/c1-24-18-9-15-17(10-19(18)25-2)21-12-22-20(15)26-11-14-8-16(23-27-14)13-6-4-3-5-7-13/h3-10,12H,11H2,1-2H3. The van der Waals surface area contributed by atoms with Gasteiger partial charge in [0.05, 0.1) is 25.1 Å². The zero-order valence-electron chi connectivity index (χ0n) is 14.9. The van der Waals surface area contributed by atoms with Gasteiger partial charge in [-0.1, -0.05) is 35.5 Å². The van der Waals surface area contributed by atoms with Gasteiger partial charge in [0, 0.05) is 17.7 Å². The maximum absolute atomic E-state index is 5.85. The monoisotopic (exact) mass is 363 g/mol. The predicted octanol–water partition coefficient (Wildman–Crippen LogP) is 3.88. The number of hydrogen-bond acceptors (Lipinski definition) is 7. The molecule has 0 aliphatic carbocycles. The molecule has 2 aromatic heterocycles. The van der Waals surface area contributed by atoms with Crippen LogP contribution in [0.4, 0.5) is 0 Å². The highest BCUT2D eigenvalue weighted by Crippen LogP contribution is 2.34. The quantitative estimate of drug-likeness (QED) is 0.514. The van der Waals surface area contributed by atoms with Crippen LogP contribution in [0.2, 0.25) is 0 Å². The van der Waals surface area contributed by atoms with Gasteiger partial charge in [0.1, 0.15) is 12.0 Å². The summed E-state index contributed by atoms with van der Waals surface area (Å²) in [5.41, 5.74) is 2.44. The lowest BCUT2D eigenvalue weighted by molar-refractivity contribution is 0.244. The molecule has 27 heavy (non-hydrogen) atoms. The number of rotatable bonds is 6. The molecule has 0 aliphatic heterocycles. The SMILES string of the molecule is COc1cc2ncnc(OCc3cc(-c4ccccc4)no3)c2cc1OC. The molecule has 4 aromatic rings. The Balaban J connectivity index is 1.58. The summed E-state index contributed by atoms with van der Waals surface area (Å²) in [6, 6.07) is 15.2. The van der Waals surface area contributed by atoms with E-state index in [2.05, 4.69) is 15.1 Å². The Morgan fingerprint density at radius 1 is 0.926 bits per heavy atom. The highest BCUT2D eigenvalue weighted by molar-refractivity contribution is 5.86. The van der Waals surface area contributed by atoms with Gasteiger partial charge in [0.25, 0.3) is 0 Å². The first-order chi connectivity index (χ1) is 13.3. The lowest BCUT2D eigenvalue weighted by Crippen LogP contribution is -1.99. The Labute approximate surface area is 155 Å². The van der Waals surface area contributed by atoms with E-state index in [1.54, 1.807) is 26.4 Å². The molecule has 4 rings (SSSR count). The number of fused-ring (bicyclic) bond motifs is 1. The lowest BCUT2D eigenvalue weighted by Gasteiger charge is -2.10. The maximum Gasteiger partial charge on any atom is 0.225 e. The number of methoxy groups -OCH3 is 2. The first kappa shape index (κ1) is 16.8. The van der Waals surface area contributed by atoms with Crippen molar-refractivity contribution in [1.29, 1.82) is 0 Å². The molecule has 2 aromatic carbocycles. The fraction of sp³-hybridized carbons (Fsp3) is 0.150. The highest BCUT2D eigenvalue weighted by Gasteiger charge is 2.13. The van der Waals surface area contributed by atoms with Gasteiger partial charge in [-0.3, -0.25) is 0 Å². The average molecular weight is 363 g/mol. The van der Waals surface area contributed by atoms with Crippen LogP contribution < -0.4 is 14.2 Å². The summed E-state index contributed by atoms with van der Waals surface area (Å²) in [5.74, 6) is 2.20. The van der Waals surface area contributed by atoms with Crippen molar-refractivity contribution in [3.05, 3.63) is 60.6 Å². The van der Waals surface area contributed by atoms with Crippen molar-refractivity contribution in [3.63, 3.8) is 0 Å². The second kappa shape index (κ2) is 7.33. The van der Waals surface area contributed by atoms with Crippen molar-refractivity contribution in [2.45, 2.75) is 6.61 Å². The predicted molar refractivity (Wildman–Crippen MR) is 98.9 cm³/mol. The van der Waals surface area contributed by atoms with Crippen LogP contribution in [0.1, 0.15) is 5.76 Å². The van der Waals surface area contributed by atoms with Crippen molar-refractivity contribution >= 4 is 10.9 Å². The van der Waals surface area contributed by atoms with Crippen LogP contribution in [0, 0.1) is 0 Å². The van der Waals surface area contributed by atoms with Gasteiger partial charge >= 0.3 is 0 Å². The third kappa shape index (κ3) is 3.39. The molecule has 0 bridgehead atoms. The van der Waals surface area contributed by atoms with Gasteiger partial charge < -0.3 is 18.7 Å². The van der Waals surface area contributed by atoms with Crippen LogP contribution in [0.15, 0.2) is 59.4 Å². The summed E-state index contributed by atoms with van der Waals surface area (Å²) in [7, 11) is 3.16. The second-order valence-corrected chi connectivity index (χ2v) is 5.74. The molecule has 0 saturated heterocycles. The summed E-state index contributed by atoms with van der Waals surface area (Å²) in [5, 5.41) is 4.81. The Kier molecular flexibility index (Phi) is 4.57. The van der Waals surface area contributed by atoms with E-state index >= 15 is 0 Å². The molecule has 0 N–H and O–H groups in total. The van der Waals surface area contributed by atoms with Gasteiger partial charge in [0.15, 0.2) is 23.9 Å². The van der Waals surface area contributed by atoms with Crippen molar-refractivity contribution < 1.29 is 18.7 Å². The van der Waals surface area contributed by atoms with Crippen LogP contribution in [0.3, 0.4) is 0 Å². The summed E-state index contributed by atoms with van der Waals surface area (Å²) < 4.78 is 21.9. The van der Waals surface area contributed by atoms with E-state index in [1.807, 2.05) is 36.4 Å².